The average Bonchev–Trinajstić information content (AvgIpc) is 2.80. The molecule has 114 valence electrons. The number of hydrogen-bond donors (Lipinski definition) is 2. The van der Waals surface area contributed by atoms with Crippen molar-refractivity contribution in [1.29, 1.82) is 0 Å². The fourth-order valence-corrected chi connectivity index (χ4v) is 2.67. The molecule has 1 amide bonds. The number of carboxylic acid groups (broad SMARTS) is 1. The summed E-state index contributed by atoms with van der Waals surface area (Å²) < 4.78 is 5.23. The van der Waals surface area contributed by atoms with Gasteiger partial charge in [0.1, 0.15) is 0 Å². The number of halogens is 2. The summed E-state index contributed by atoms with van der Waals surface area (Å²) in [7, 11) is 0. The van der Waals surface area contributed by atoms with Crippen molar-refractivity contribution >= 4 is 35.1 Å². The maximum Gasteiger partial charge on any atom is 0.305 e. The lowest BCUT2D eigenvalue weighted by molar-refractivity contribution is -0.139. The lowest BCUT2D eigenvalue weighted by Gasteiger charge is -2.27. The first kappa shape index (κ1) is 16.1. The second kappa shape index (κ2) is 6.64. The topological polar surface area (TPSA) is 75.6 Å². The summed E-state index contributed by atoms with van der Waals surface area (Å²) in [6.07, 6.45) is 0.449. The lowest BCUT2D eigenvalue weighted by atomic mass is 9.94. The molecule has 0 spiro atoms. The number of carboxylic acids is 1. The highest BCUT2D eigenvalue weighted by Crippen LogP contribution is 2.24. The van der Waals surface area contributed by atoms with E-state index in [9.17, 15) is 9.59 Å². The van der Waals surface area contributed by atoms with Crippen LogP contribution >= 0.6 is 23.2 Å². The number of hydrogen-bond acceptors (Lipinski definition) is 3. The van der Waals surface area contributed by atoms with Gasteiger partial charge in [-0.3, -0.25) is 9.59 Å². The first-order valence-corrected chi connectivity index (χ1v) is 7.20. The van der Waals surface area contributed by atoms with Crippen molar-refractivity contribution in [2.75, 3.05) is 13.2 Å². The van der Waals surface area contributed by atoms with E-state index in [0.29, 0.717) is 28.6 Å². The molecule has 1 aromatic carbocycles. The van der Waals surface area contributed by atoms with E-state index in [1.54, 1.807) is 18.2 Å². The summed E-state index contributed by atoms with van der Waals surface area (Å²) >= 11 is 11.7. The average molecular weight is 332 g/mol. The molecule has 1 aliphatic rings. The first-order chi connectivity index (χ1) is 9.90. The Morgan fingerprint density at radius 1 is 1.33 bits per heavy atom. The van der Waals surface area contributed by atoms with Crippen molar-refractivity contribution in [3.05, 3.63) is 33.8 Å². The number of rotatable bonds is 5. The molecule has 2 N–H and O–H groups in total. The van der Waals surface area contributed by atoms with E-state index < -0.39 is 11.5 Å². The van der Waals surface area contributed by atoms with Crippen LogP contribution in [0.25, 0.3) is 0 Å². The third kappa shape index (κ3) is 4.33. The van der Waals surface area contributed by atoms with Crippen LogP contribution in [0.2, 0.25) is 10.0 Å². The van der Waals surface area contributed by atoms with Gasteiger partial charge in [0.05, 0.1) is 35.0 Å². The fourth-order valence-electron chi connectivity index (χ4n) is 2.35. The summed E-state index contributed by atoms with van der Waals surface area (Å²) in [4.78, 5) is 23.1. The number of amides is 1. The van der Waals surface area contributed by atoms with Crippen LogP contribution < -0.4 is 5.32 Å². The molecule has 0 radical (unpaired) electrons. The van der Waals surface area contributed by atoms with Crippen molar-refractivity contribution in [1.82, 2.24) is 5.32 Å². The minimum atomic E-state index is -0.963. The smallest absolute Gasteiger partial charge is 0.305 e. The predicted molar refractivity (Wildman–Crippen MR) is 78.7 cm³/mol. The van der Waals surface area contributed by atoms with Crippen LogP contribution in [-0.2, 0) is 20.7 Å². The maximum atomic E-state index is 12.1. The molecule has 1 unspecified atom stereocenters. The van der Waals surface area contributed by atoms with Gasteiger partial charge in [0.2, 0.25) is 5.91 Å². The zero-order valence-corrected chi connectivity index (χ0v) is 12.7. The SMILES string of the molecule is O=C(O)CC1(NC(=O)Cc2ccc(Cl)c(Cl)c2)CCOC1. The highest BCUT2D eigenvalue weighted by Gasteiger charge is 2.38. The maximum absolute atomic E-state index is 12.1. The Kier molecular flexibility index (Phi) is 5.08. The molecule has 1 atom stereocenters. The molecule has 0 aromatic heterocycles. The molecule has 21 heavy (non-hydrogen) atoms. The summed E-state index contributed by atoms with van der Waals surface area (Å²) in [5.74, 6) is -1.23. The number of nitrogens with one attached hydrogen (secondary N) is 1. The standard InChI is InChI=1S/C14H15Cl2NO4/c15-10-2-1-9(5-11(10)16)6-12(18)17-14(7-13(19)20)3-4-21-8-14/h1-2,5H,3-4,6-8H2,(H,17,18)(H,19,20). The summed E-state index contributed by atoms with van der Waals surface area (Å²) in [5, 5.41) is 12.6. The van der Waals surface area contributed by atoms with Crippen LogP contribution in [0, 0.1) is 0 Å². The number of aliphatic carboxylic acids is 1. The Hall–Kier alpha value is -1.30. The predicted octanol–water partition coefficient (Wildman–Crippen LogP) is 2.29. The Bertz CT molecular complexity index is 556. The third-order valence-electron chi connectivity index (χ3n) is 3.35. The quantitative estimate of drug-likeness (QED) is 0.867. The van der Waals surface area contributed by atoms with Gasteiger partial charge in [0.25, 0.3) is 0 Å². The molecular weight excluding hydrogens is 317 g/mol. The molecule has 1 saturated heterocycles. The third-order valence-corrected chi connectivity index (χ3v) is 4.09. The molecule has 0 saturated carbocycles. The molecule has 1 aromatic rings. The van der Waals surface area contributed by atoms with E-state index in [-0.39, 0.29) is 25.4 Å². The van der Waals surface area contributed by atoms with Crippen LogP contribution in [0.3, 0.4) is 0 Å². The normalized spacial score (nSPS) is 21.2. The van der Waals surface area contributed by atoms with Gasteiger partial charge in [-0.15, -0.1) is 0 Å². The highest BCUT2D eigenvalue weighted by molar-refractivity contribution is 6.42. The molecule has 1 aliphatic heterocycles. The van der Waals surface area contributed by atoms with E-state index in [1.165, 1.54) is 0 Å². The zero-order valence-electron chi connectivity index (χ0n) is 11.2. The molecule has 1 heterocycles. The number of ether oxygens (including phenoxy) is 1. The molecule has 0 bridgehead atoms. The summed E-state index contributed by atoms with van der Waals surface area (Å²) in [6.45, 7) is 0.659. The van der Waals surface area contributed by atoms with Gasteiger partial charge in [-0.25, -0.2) is 0 Å². The van der Waals surface area contributed by atoms with Crippen molar-refractivity contribution < 1.29 is 19.4 Å². The van der Waals surface area contributed by atoms with Gasteiger partial charge in [-0.1, -0.05) is 29.3 Å². The Morgan fingerprint density at radius 2 is 2.10 bits per heavy atom. The molecule has 7 heteroatoms. The van der Waals surface area contributed by atoms with E-state index in [1.807, 2.05) is 0 Å². The van der Waals surface area contributed by atoms with Crippen molar-refractivity contribution in [2.24, 2.45) is 0 Å². The first-order valence-electron chi connectivity index (χ1n) is 6.45. The molecular formula is C14H15Cl2NO4. The van der Waals surface area contributed by atoms with E-state index in [4.69, 9.17) is 33.0 Å². The second-order valence-corrected chi connectivity index (χ2v) is 5.94. The van der Waals surface area contributed by atoms with Gasteiger partial charge in [0, 0.05) is 6.61 Å². The van der Waals surface area contributed by atoms with E-state index in [2.05, 4.69) is 5.32 Å². The fraction of sp³-hybridized carbons (Fsp3) is 0.429. The van der Waals surface area contributed by atoms with Crippen LogP contribution in [0.4, 0.5) is 0 Å². The van der Waals surface area contributed by atoms with Crippen LogP contribution in [-0.4, -0.2) is 35.7 Å². The number of carbonyl (C=O) groups excluding carboxylic acids is 1. The van der Waals surface area contributed by atoms with Crippen LogP contribution in [0.15, 0.2) is 18.2 Å². The second-order valence-electron chi connectivity index (χ2n) is 5.13. The highest BCUT2D eigenvalue weighted by atomic mass is 35.5. The lowest BCUT2D eigenvalue weighted by Crippen LogP contribution is -2.51. The van der Waals surface area contributed by atoms with Gasteiger partial charge >= 0.3 is 5.97 Å². The van der Waals surface area contributed by atoms with Gasteiger partial charge in [-0.05, 0) is 24.1 Å². The monoisotopic (exact) mass is 331 g/mol. The van der Waals surface area contributed by atoms with Crippen molar-refractivity contribution in [3.8, 4) is 0 Å². The minimum Gasteiger partial charge on any atom is -0.481 e. The van der Waals surface area contributed by atoms with Crippen LogP contribution in [0.1, 0.15) is 18.4 Å². The Balaban J connectivity index is 2.02. The summed E-state index contributed by atoms with van der Waals surface area (Å²) in [5.41, 5.74) is -0.106. The van der Waals surface area contributed by atoms with Gasteiger partial charge < -0.3 is 15.2 Å². The van der Waals surface area contributed by atoms with Gasteiger partial charge in [0.15, 0.2) is 0 Å². The van der Waals surface area contributed by atoms with Gasteiger partial charge in [-0.2, -0.15) is 0 Å². The molecule has 1 fully saturated rings. The van der Waals surface area contributed by atoms with E-state index in [0.717, 1.165) is 0 Å². The Labute approximate surface area is 132 Å². The van der Waals surface area contributed by atoms with Crippen molar-refractivity contribution in [3.63, 3.8) is 0 Å². The molecule has 5 nitrogen and oxygen atoms in total. The van der Waals surface area contributed by atoms with Crippen molar-refractivity contribution in [2.45, 2.75) is 24.8 Å². The van der Waals surface area contributed by atoms with Crippen LogP contribution in [0.5, 0.6) is 0 Å². The summed E-state index contributed by atoms with van der Waals surface area (Å²) in [6, 6.07) is 4.96. The Morgan fingerprint density at radius 3 is 2.67 bits per heavy atom. The molecule has 0 aliphatic carbocycles. The van der Waals surface area contributed by atoms with E-state index >= 15 is 0 Å². The number of carbonyl (C=O) groups is 2. The minimum absolute atomic E-state index is 0.109. The zero-order chi connectivity index (χ0) is 15.5. The number of benzene rings is 1. The molecule has 2 rings (SSSR count). The largest absolute Gasteiger partial charge is 0.481 e.